The predicted octanol–water partition coefficient (Wildman–Crippen LogP) is 1.03. The summed E-state index contributed by atoms with van der Waals surface area (Å²) in [5.41, 5.74) is 0. The van der Waals surface area contributed by atoms with Crippen LogP contribution in [-0.2, 0) is 4.74 Å². The molecule has 1 unspecified atom stereocenters. The smallest absolute Gasteiger partial charge is 0.409 e. The normalized spacial score (nSPS) is 26.4. The summed E-state index contributed by atoms with van der Waals surface area (Å²) in [6.07, 6.45) is 0.904. The molecule has 1 aliphatic heterocycles. The molecule has 0 radical (unpaired) electrons. The maximum Gasteiger partial charge on any atom is 0.409 e. The van der Waals surface area contributed by atoms with Gasteiger partial charge in [-0.3, -0.25) is 0 Å². The van der Waals surface area contributed by atoms with Crippen molar-refractivity contribution in [3.8, 4) is 0 Å². The van der Waals surface area contributed by atoms with E-state index < -0.39 is 0 Å². The molecule has 0 aromatic carbocycles. The van der Waals surface area contributed by atoms with E-state index >= 15 is 0 Å². The molecule has 14 heavy (non-hydrogen) atoms. The molecule has 1 atom stereocenters. The van der Waals surface area contributed by atoms with Crippen LogP contribution >= 0.6 is 0 Å². The van der Waals surface area contributed by atoms with E-state index in [1.165, 1.54) is 0 Å². The van der Waals surface area contributed by atoms with Crippen LogP contribution in [0.3, 0.4) is 0 Å². The van der Waals surface area contributed by atoms with Crippen molar-refractivity contribution in [3.63, 3.8) is 0 Å². The third kappa shape index (κ3) is 3.18. The second-order valence-electron chi connectivity index (χ2n) is 4.03. The maximum absolute atomic E-state index is 11.4. The van der Waals surface area contributed by atoms with E-state index in [-0.39, 0.29) is 6.09 Å². The van der Waals surface area contributed by atoms with E-state index in [2.05, 4.69) is 18.9 Å². The summed E-state index contributed by atoms with van der Waals surface area (Å²) in [5, 5.41) is 0. The lowest BCUT2D eigenvalue weighted by Crippen LogP contribution is -2.34. The highest BCUT2D eigenvalue weighted by molar-refractivity contribution is 5.67. The SMILES string of the molecule is CCC1CN(C)CCOC(=O)N(C)C1. The number of nitrogens with zero attached hydrogens (tertiary/aromatic N) is 2. The molecule has 4 heteroatoms. The molecule has 0 aromatic rings. The predicted molar refractivity (Wildman–Crippen MR) is 55.3 cm³/mol. The summed E-state index contributed by atoms with van der Waals surface area (Å²) < 4.78 is 5.08. The fourth-order valence-electron chi connectivity index (χ4n) is 1.71. The molecule has 1 saturated heterocycles. The molecule has 1 rings (SSSR count). The first-order valence-electron chi connectivity index (χ1n) is 5.20. The Kier molecular flexibility index (Phi) is 4.20. The fraction of sp³-hybridized carbons (Fsp3) is 0.900. The molecule has 0 aromatic heterocycles. The van der Waals surface area contributed by atoms with Gasteiger partial charge in [0.05, 0.1) is 0 Å². The summed E-state index contributed by atoms with van der Waals surface area (Å²) >= 11 is 0. The van der Waals surface area contributed by atoms with Crippen LogP contribution < -0.4 is 0 Å². The molecule has 0 aliphatic carbocycles. The molecule has 4 nitrogen and oxygen atoms in total. The Bertz CT molecular complexity index is 197. The number of carbonyl (C=O) groups excluding carboxylic acids is 1. The topological polar surface area (TPSA) is 32.8 Å². The van der Waals surface area contributed by atoms with E-state index in [0.29, 0.717) is 12.5 Å². The highest BCUT2D eigenvalue weighted by Gasteiger charge is 2.19. The average Bonchev–Trinajstić information content (AvgIpc) is 2.20. The number of ether oxygens (including phenoxy) is 1. The van der Waals surface area contributed by atoms with Gasteiger partial charge in [0.2, 0.25) is 0 Å². The van der Waals surface area contributed by atoms with Crippen LogP contribution in [0.5, 0.6) is 0 Å². The van der Waals surface area contributed by atoms with E-state index in [4.69, 9.17) is 4.74 Å². The highest BCUT2D eigenvalue weighted by atomic mass is 16.6. The summed E-state index contributed by atoms with van der Waals surface area (Å²) in [4.78, 5) is 15.3. The Balaban J connectivity index is 2.58. The Labute approximate surface area is 85.8 Å². The number of hydrogen-bond donors (Lipinski definition) is 0. The number of rotatable bonds is 1. The third-order valence-electron chi connectivity index (χ3n) is 2.69. The minimum Gasteiger partial charge on any atom is -0.448 e. The van der Waals surface area contributed by atoms with Crippen molar-refractivity contribution in [2.24, 2.45) is 5.92 Å². The summed E-state index contributed by atoms with van der Waals surface area (Å²) in [6.45, 7) is 5.32. The number of cyclic esters (lactones) is 1. The first-order valence-corrected chi connectivity index (χ1v) is 5.20. The van der Waals surface area contributed by atoms with Crippen LogP contribution in [-0.4, -0.2) is 56.2 Å². The molecule has 0 saturated carbocycles. The summed E-state index contributed by atoms with van der Waals surface area (Å²) in [5.74, 6) is 0.552. The molecular formula is C10H20N2O2. The monoisotopic (exact) mass is 200 g/mol. The summed E-state index contributed by atoms with van der Waals surface area (Å²) in [6, 6.07) is 0. The fourth-order valence-corrected chi connectivity index (χ4v) is 1.71. The van der Waals surface area contributed by atoms with Crippen molar-refractivity contribution >= 4 is 6.09 Å². The van der Waals surface area contributed by atoms with Gasteiger partial charge in [0.15, 0.2) is 0 Å². The second kappa shape index (κ2) is 5.20. The van der Waals surface area contributed by atoms with Crippen molar-refractivity contribution in [1.82, 2.24) is 9.80 Å². The molecule has 1 aliphatic rings. The summed E-state index contributed by atoms with van der Waals surface area (Å²) in [7, 11) is 3.87. The van der Waals surface area contributed by atoms with E-state index in [0.717, 1.165) is 26.1 Å². The highest BCUT2D eigenvalue weighted by Crippen LogP contribution is 2.09. The maximum atomic E-state index is 11.4. The van der Waals surface area contributed by atoms with E-state index in [1.54, 1.807) is 11.9 Å². The second-order valence-corrected chi connectivity index (χ2v) is 4.03. The number of hydrogen-bond acceptors (Lipinski definition) is 3. The van der Waals surface area contributed by atoms with Crippen LogP contribution in [0.2, 0.25) is 0 Å². The van der Waals surface area contributed by atoms with Crippen LogP contribution in [0.4, 0.5) is 4.79 Å². The van der Waals surface area contributed by atoms with E-state index in [1.807, 2.05) is 0 Å². The van der Waals surface area contributed by atoms with Crippen molar-refractivity contribution in [3.05, 3.63) is 0 Å². The molecule has 0 N–H and O–H groups in total. The zero-order valence-corrected chi connectivity index (χ0v) is 9.32. The van der Waals surface area contributed by atoms with Crippen molar-refractivity contribution in [2.45, 2.75) is 13.3 Å². The van der Waals surface area contributed by atoms with Gasteiger partial charge in [-0.1, -0.05) is 13.3 Å². The van der Waals surface area contributed by atoms with Crippen LogP contribution in [0.25, 0.3) is 0 Å². The molecule has 82 valence electrons. The average molecular weight is 200 g/mol. The molecule has 0 spiro atoms. The van der Waals surface area contributed by atoms with Crippen LogP contribution in [0.1, 0.15) is 13.3 Å². The lowest BCUT2D eigenvalue weighted by Gasteiger charge is -2.23. The third-order valence-corrected chi connectivity index (χ3v) is 2.69. The van der Waals surface area contributed by atoms with Gasteiger partial charge < -0.3 is 14.5 Å². The zero-order valence-electron chi connectivity index (χ0n) is 9.32. The van der Waals surface area contributed by atoms with E-state index in [9.17, 15) is 4.79 Å². The molecule has 1 amide bonds. The lowest BCUT2D eigenvalue weighted by atomic mass is 10.1. The molecular weight excluding hydrogens is 180 g/mol. The van der Waals surface area contributed by atoms with Crippen LogP contribution in [0.15, 0.2) is 0 Å². The van der Waals surface area contributed by atoms with Crippen LogP contribution in [0, 0.1) is 5.92 Å². The standard InChI is InChI=1S/C10H20N2O2/c1-4-9-7-11(2)5-6-14-10(13)12(3)8-9/h9H,4-8H2,1-3H3. The van der Waals surface area contributed by atoms with Gasteiger partial charge in [0, 0.05) is 26.7 Å². The largest absolute Gasteiger partial charge is 0.448 e. The number of amides is 1. The first kappa shape index (κ1) is 11.3. The lowest BCUT2D eigenvalue weighted by molar-refractivity contribution is 0.109. The van der Waals surface area contributed by atoms with Gasteiger partial charge in [-0.2, -0.15) is 0 Å². The molecule has 0 bridgehead atoms. The Morgan fingerprint density at radius 1 is 1.43 bits per heavy atom. The Morgan fingerprint density at radius 3 is 2.79 bits per heavy atom. The minimum absolute atomic E-state index is 0.196. The van der Waals surface area contributed by atoms with Crippen molar-refractivity contribution in [1.29, 1.82) is 0 Å². The van der Waals surface area contributed by atoms with Gasteiger partial charge in [-0.05, 0) is 13.0 Å². The van der Waals surface area contributed by atoms with Gasteiger partial charge in [0.25, 0.3) is 0 Å². The quantitative estimate of drug-likeness (QED) is 0.633. The van der Waals surface area contributed by atoms with Crippen molar-refractivity contribution < 1.29 is 9.53 Å². The van der Waals surface area contributed by atoms with Gasteiger partial charge in [0.1, 0.15) is 6.61 Å². The van der Waals surface area contributed by atoms with Crippen molar-refractivity contribution in [2.75, 3.05) is 40.3 Å². The minimum atomic E-state index is -0.196. The number of carbonyl (C=O) groups is 1. The first-order chi connectivity index (χ1) is 6.63. The van der Waals surface area contributed by atoms with Gasteiger partial charge in [-0.25, -0.2) is 4.79 Å². The Hall–Kier alpha value is -0.770. The van der Waals surface area contributed by atoms with Gasteiger partial charge >= 0.3 is 6.09 Å². The Morgan fingerprint density at radius 2 is 2.14 bits per heavy atom. The van der Waals surface area contributed by atoms with Gasteiger partial charge in [-0.15, -0.1) is 0 Å². The zero-order chi connectivity index (χ0) is 10.6. The number of likely N-dealkylation sites (N-methyl/N-ethyl adjacent to an activating group) is 1. The molecule has 1 heterocycles. The molecule has 1 fully saturated rings.